The second kappa shape index (κ2) is 4.04. The van der Waals surface area contributed by atoms with Crippen molar-refractivity contribution in [3.05, 3.63) is 0 Å². The van der Waals surface area contributed by atoms with Gasteiger partial charge in [-0.25, -0.2) is 8.42 Å². The van der Waals surface area contributed by atoms with Crippen molar-refractivity contribution in [3.63, 3.8) is 0 Å². The van der Waals surface area contributed by atoms with Crippen LogP contribution < -0.4 is 5.43 Å². The summed E-state index contributed by atoms with van der Waals surface area (Å²) < 4.78 is 21.5. The molecule has 0 aromatic carbocycles. The van der Waals surface area contributed by atoms with Crippen molar-refractivity contribution in [2.24, 2.45) is 0 Å². The molecule has 0 spiro atoms. The third kappa shape index (κ3) is 7.77. The van der Waals surface area contributed by atoms with Crippen molar-refractivity contribution in [1.82, 2.24) is 10.4 Å². The summed E-state index contributed by atoms with van der Waals surface area (Å²) in [6.07, 6.45) is 1.24. The van der Waals surface area contributed by atoms with Gasteiger partial charge < -0.3 is 0 Å². The van der Waals surface area contributed by atoms with Crippen LogP contribution in [0.25, 0.3) is 0 Å². The molecule has 11 heavy (non-hydrogen) atoms. The zero-order chi connectivity index (χ0) is 9.07. The van der Waals surface area contributed by atoms with Gasteiger partial charge in [0.25, 0.3) is 0 Å². The first-order valence-corrected chi connectivity index (χ1v) is 5.48. The molecule has 1 atom stereocenters. The molecule has 0 aromatic rings. The molecule has 0 heterocycles. The number of nitrogens with zero attached hydrogens (tertiary/aromatic N) is 1. The Balaban J connectivity index is 3.80. The summed E-state index contributed by atoms with van der Waals surface area (Å²) >= 11 is 0. The average Bonchev–Trinajstić information content (AvgIpc) is 1.53. The van der Waals surface area contributed by atoms with Gasteiger partial charge in [-0.05, 0) is 6.92 Å². The van der Waals surface area contributed by atoms with Gasteiger partial charge in [-0.15, -0.1) is 0 Å². The SMILES string of the molecule is CC(CS(C)(=O)=O)NN(C)C. The van der Waals surface area contributed by atoms with E-state index in [-0.39, 0.29) is 11.8 Å². The van der Waals surface area contributed by atoms with Gasteiger partial charge in [-0.3, -0.25) is 10.4 Å². The molecule has 1 N–H and O–H groups in total. The minimum absolute atomic E-state index is 0.0278. The lowest BCUT2D eigenvalue weighted by atomic mass is 10.4. The smallest absolute Gasteiger partial charge is 0.149 e. The third-order valence-corrected chi connectivity index (χ3v) is 2.14. The molecule has 0 saturated heterocycles. The Bertz CT molecular complexity index is 199. The standard InChI is InChI=1S/C6H16N2O2S/c1-6(7-8(2)3)5-11(4,9)10/h6-7H,5H2,1-4H3. The van der Waals surface area contributed by atoms with Gasteiger partial charge in [0.2, 0.25) is 0 Å². The molecule has 0 amide bonds. The Labute approximate surface area is 68.5 Å². The number of rotatable bonds is 4. The fourth-order valence-electron chi connectivity index (χ4n) is 0.932. The van der Waals surface area contributed by atoms with Crippen LogP contribution in [0.5, 0.6) is 0 Å². The maximum Gasteiger partial charge on any atom is 0.149 e. The van der Waals surface area contributed by atoms with Gasteiger partial charge in [0.1, 0.15) is 9.84 Å². The molecule has 0 rings (SSSR count). The van der Waals surface area contributed by atoms with Gasteiger partial charge in [-0.1, -0.05) is 0 Å². The zero-order valence-corrected chi connectivity index (χ0v) is 8.27. The van der Waals surface area contributed by atoms with Gasteiger partial charge in [0, 0.05) is 26.4 Å². The summed E-state index contributed by atoms with van der Waals surface area (Å²) in [4.78, 5) is 0. The molecular weight excluding hydrogens is 164 g/mol. The van der Waals surface area contributed by atoms with Crippen molar-refractivity contribution in [3.8, 4) is 0 Å². The lowest BCUT2D eigenvalue weighted by Crippen LogP contribution is -2.41. The van der Waals surface area contributed by atoms with Crippen LogP contribution in [0.1, 0.15) is 6.92 Å². The summed E-state index contributed by atoms with van der Waals surface area (Å²) in [7, 11) is 0.806. The van der Waals surface area contributed by atoms with E-state index in [0.29, 0.717) is 0 Å². The molecule has 4 nitrogen and oxygen atoms in total. The van der Waals surface area contributed by atoms with E-state index in [4.69, 9.17) is 0 Å². The summed E-state index contributed by atoms with van der Waals surface area (Å²) in [6, 6.07) is -0.0278. The normalized spacial score (nSPS) is 15.4. The quantitative estimate of drug-likeness (QED) is 0.592. The lowest BCUT2D eigenvalue weighted by molar-refractivity contribution is 0.260. The highest BCUT2D eigenvalue weighted by Crippen LogP contribution is 1.89. The lowest BCUT2D eigenvalue weighted by Gasteiger charge is -2.17. The Hall–Kier alpha value is -0.130. The van der Waals surface area contributed by atoms with E-state index in [1.807, 2.05) is 21.0 Å². The Kier molecular flexibility index (Phi) is 3.99. The molecule has 0 bridgehead atoms. The summed E-state index contributed by atoms with van der Waals surface area (Å²) in [6.45, 7) is 1.83. The van der Waals surface area contributed by atoms with Crippen molar-refractivity contribution < 1.29 is 8.42 Å². The fraction of sp³-hybridized carbons (Fsp3) is 1.00. The summed E-state index contributed by atoms with van der Waals surface area (Å²) in [5.74, 6) is 0.172. The molecule has 1 unspecified atom stereocenters. The predicted molar refractivity (Wildman–Crippen MR) is 46.0 cm³/mol. The first-order valence-electron chi connectivity index (χ1n) is 3.42. The minimum Gasteiger partial charge on any atom is -0.252 e. The highest BCUT2D eigenvalue weighted by atomic mass is 32.2. The van der Waals surface area contributed by atoms with E-state index >= 15 is 0 Å². The van der Waals surface area contributed by atoms with E-state index < -0.39 is 9.84 Å². The summed E-state index contributed by atoms with van der Waals surface area (Å²) in [5.41, 5.74) is 2.95. The van der Waals surface area contributed by atoms with Crippen LogP contribution in [0.15, 0.2) is 0 Å². The first kappa shape index (κ1) is 10.9. The molecule has 0 radical (unpaired) electrons. The van der Waals surface area contributed by atoms with Crippen molar-refractivity contribution >= 4 is 9.84 Å². The van der Waals surface area contributed by atoms with Gasteiger partial charge in [0.15, 0.2) is 0 Å². The van der Waals surface area contributed by atoms with Crippen molar-refractivity contribution in [1.29, 1.82) is 0 Å². The molecular formula is C6H16N2O2S. The maximum absolute atomic E-state index is 10.8. The molecule has 5 heteroatoms. The third-order valence-electron chi connectivity index (χ3n) is 1.03. The van der Waals surface area contributed by atoms with Crippen LogP contribution in [0.2, 0.25) is 0 Å². The number of hydrazine groups is 1. The number of nitrogens with one attached hydrogen (secondary N) is 1. The van der Waals surface area contributed by atoms with E-state index in [0.717, 1.165) is 0 Å². The number of sulfone groups is 1. The van der Waals surface area contributed by atoms with Crippen LogP contribution in [-0.2, 0) is 9.84 Å². The van der Waals surface area contributed by atoms with E-state index in [1.165, 1.54) is 6.26 Å². The van der Waals surface area contributed by atoms with Gasteiger partial charge in [-0.2, -0.15) is 0 Å². The molecule has 0 aliphatic rings. The Morgan fingerprint density at radius 1 is 1.45 bits per heavy atom. The molecule has 0 saturated carbocycles. The second-order valence-electron chi connectivity index (χ2n) is 3.02. The predicted octanol–water partition coefficient (Wildman–Crippen LogP) is -0.514. The van der Waals surface area contributed by atoms with Crippen LogP contribution in [-0.4, -0.2) is 45.6 Å². The van der Waals surface area contributed by atoms with Gasteiger partial charge >= 0.3 is 0 Å². The number of hydrogen-bond acceptors (Lipinski definition) is 4. The summed E-state index contributed by atoms with van der Waals surface area (Å²) in [5, 5.41) is 1.75. The monoisotopic (exact) mass is 180 g/mol. The van der Waals surface area contributed by atoms with Crippen molar-refractivity contribution in [2.45, 2.75) is 13.0 Å². The molecule has 0 fully saturated rings. The minimum atomic E-state index is -2.86. The molecule has 68 valence electrons. The maximum atomic E-state index is 10.8. The van der Waals surface area contributed by atoms with Crippen molar-refractivity contribution in [2.75, 3.05) is 26.1 Å². The Morgan fingerprint density at radius 2 is 1.91 bits per heavy atom. The number of hydrogen-bond donors (Lipinski definition) is 1. The largest absolute Gasteiger partial charge is 0.252 e. The highest BCUT2D eigenvalue weighted by Gasteiger charge is 2.09. The van der Waals surface area contributed by atoms with Crippen LogP contribution in [0.4, 0.5) is 0 Å². The van der Waals surface area contributed by atoms with Crippen LogP contribution in [0.3, 0.4) is 0 Å². The second-order valence-corrected chi connectivity index (χ2v) is 5.20. The zero-order valence-electron chi connectivity index (χ0n) is 7.46. The molecule has 0 aliphatic carbocycles. The first-order chi connectivity index (χ1) is 4.81. The topological polar surface area (TPSA) is 49.4 Å². The Morgan fingerprint density at radius 3 is 2.18 bits per heavy atom. The average molecular weight is 180 g/mol. The van der Waals surface area contributed by atoms with E-state index in [9.17, 15) is 8.42 Å². The van der Waals surface area contributed by atoms with E-state index in [2.05, 4.69) is 5.43 Å². The van der Waals surface area contributed by atoms with Gasteiger partial charge in [0.05, 0.1) is 5.75 Å². The van der Waals surface area contributed by atoms with E-state index in [1.54, 1.807) is 5.01 Å². The van der Waals surface area contributed by atoms with Crippen LogP contribution >= 0.6 is 0 Å². The van der Waals surface area contributed by atoms with Crippen LogP contribution in [0, 0.1) is 0 Å². The highest BCUT2D eigenvalue weighted by molar-refractivity contribution is 7.90. The fourth-order valence-corrected chi connectivity index (χ4v) is 1.91. The molecule has 0 aromatic heterocycles. The molecule has 0 aliphatic heterocycles.